The molecule has 0 N–H and O–H groups in total. The van der Waals surface area contributed by atoms with Crippen LogP contribution in [0.1, 0.15) is 37.8 Å². The van der Waals surface area contributed by atoms with Crippen LogP contribution < -0.4 is 4.74 Å². The molecule has 0 radical (unpaired) electrons. The molecule has 4 heteroatoms. The zero-order valence-corrected chi connectivity index (χ0v) is 12.3. The molecule has 0 amide bonds. The second-order valence-corrected chi connectivity index (χ2v) is 5.07. The van der Waals surface area contributed by atoms with E-state index in [9.17, 15) is 0 Å². The molecule has 1 fully saturated rings. The van der Waals surface area contributed by atoms with Gasteiger partial charge >= 0.3 is 0 Å². The summed E-state index contributed by atoms with van der Waals surface area (Å²) in [6.07, 6.45) is 2.68. The van der Waals surface area contributed by atoms with Crippen LogP contribution in [0, 0.1) is 13.8 Å². The molecule has 1 aliphatic rings. The summed E-state index contributed by atoms with van der Waals surface area (Å²) >= 11 is 0. The van der Waals surface area contributed by atoms with E-state index >= 15 is 0 Å². The molecule has 0 heterocycles. The fourth-order valence-electron chi connectivity index (χ4n) is 1.96. The lowest BCUT2D eigenvalue weighted by Gasteiger charge is -2.14. The Balaban J connectivity index is 2.25. The van der Waals surface area contributed by atoms with Crippen LogP contribution in [-0.2, 0) is 0 Å². The van der Waals surface area contributed by atoms with Crippen LogP contribution in [-0.4, -0.2) is 24.2 Å². The van der Waals surface area contributed by atoms with Gasteiger partial charge in [0.1, 0.15) is 11.4 Å². The third kappa shape index (κ3) is 3.69. The van der Waals surface area contributed by atoms with E-state index in [0.717, 1.165) is 42.9 Å². The van der Waals surface area contributed by atoms with Crippen LogP contribution in [0.4, 0.5) is 5.69 Å². The second kappa shape index (κ2) is 6.04. The van der Waals surface area contributed by atoms with Gasteiger partial charge < -0.3 is 4.74 Å². The van der Waals surface area contributed by atoms with E-state index in [-0.39, 0.29) is 0 Å². The van der Waals surface area contributed by atoms with Crippen LogP contribution in [0.2, 0.25) is 0 Å². The predicted octanol–water partition coefficient (Wildman–Crippen LogP) is 4.19. The Kier molecular flexibility index (Phi) is 4.40. The molecule has 1 aromatic carbocycles. The third-order valence-electron chi connectivity index (χ3n) is 3.23. The SMILES string of the molecule is CCN(CC)N=Nc1c(C)cc(C)cc1OC1CC1. The normalized spacial score (nSPS) is 14.9. The van der Waals surface area contributed by atoms with Crippen molar-refractivity contribution in [3.05, 3.63) is 23.3 Å². The molecule has 104 valence electrons. The van der Waals surface area contributed by atoms with Gasteiger partial charge in [-0.25, -0.2) is 0 Å². The zero-order valence-electron chi connectivity index (χ0n) is 12.3. The molecule has 0 saturated heterocycles. The maximum absolute atomic E-state index is 5.95. The van der Waals surface area contributed by atoms with Crippen molar-refractivity contribution in [2.45, 2.75) is 46.6 Å². The summed E-state index contributed by atoms with van der Waals surface area (Å²) in [6, 6.07) is 4.18. The summed E-state index contributed by atoms with van der Waals surface area (Å²) in [7, 11) is 0. The topological polar surface area (TPSA) is 37.2 Å². The van der Waals surface area contributed by atoms with Crippen LogP contribution in [0.15, 0.2) is 22.5 Å². The smallest absolute Gasteiger partial charge is 0.147 e. The second-order valence-electron chi connectivity index (χ2n) is 5.07. The van der Waals surface area contributed by atoms with Crippen LogP contribution in [0.5, 0.6) is 5.75 Å². The number of hydrogen-bond donors (Lipinski definition) is 0. The molecule has 0 aromatic heterocycles. The lowest BCUT2D eigenvalue weighted by atomic mass is 10.1. The van der Waals surface area contributed by atoms with Crippen molar-refractivity contribution in [3.8, 4) is 5.75 Å². The van der Waals surface area contributed by atoms with Crippen LogP contribution in [0.3, 0.4) is 0 Å². The van der Waals surface area contributed by atoms with E-state index in [1.165, 1.54) is 5.56 Å². The highest BCUT2D eigenvalue weighted by molar-refractivity contribution is 5.58. The average molecular weight is 261 g/mol. The number of nitrogens with zero attached hydrogens (tertiary/aromatic N) is 3. The van der Waals surface area contributed by atoms with Gasteiger partial charge in [0.2, 0.25) is 0 Å². The van der Waals surface area contributed by atoms with Crippen molar-refractivity contribution in [3.63, 3.8) is 0 Å². The third-order valence-corrected chi connectivity index (χ3v) is 3.23. The van der Waals surface area contributed by atoms with Gasteiger partial charge in [0, 0.05) is 13.1 Å². The van der Waals surface area contributed by atoms with Gasteiger partial charge in [-0.15, -0.1) is 5.11 Å². The largest absolute Gasteiger partial charge is 0.488 e. The molecule has 19 heavy (non-hydrogen) atoms. The maximum Gasteiger partial charge on any atom is 0.147 e. The minimum absolute atomic E-state index is 0.378. The van der Waals surface area contributed by atoms with Gasteiger partial charge in [0.05, 0.1) is 6.10 Å². The quantitative estimate of drug-likeness (QED) is 0.569. The first-order valence-corrected chi connectivity index (χ1v) is 7.08. The summed E-state index contributed by atoms with van der Waals surface area (Å²) in [5.41, 5.74) is 3.19. The molecular formula is C15H23N3O. The minimum atomic E-state index is 0.378. The van der Waals surface area contributed by atoms with Gasteiger partial charge in [0.25, 0.3) is 0 Å². The van der Waals surface area contributed by atoms with Gasteiger partial charge in [-0.1, -0.05) is 11.3 Å². The Morgan fingerprint density at radius 1 is 1.21 bits per heavy atom. The molecule has 0 unspecified atom stereocenters. The highest BCUT2D eigenvalue weighted by Gasteiger charge is 2.25. The number of hydrogen-bond acceptors (Lipinski definition) is 3. The van der Waals surface area contributed by atoms with Crippen molar-refractivity contribution >= 4 is 5.69 Å². The van der Waals surface area contributed by atoms with Crippen molar-refractivity contribution in [2.24, 2.45) is 10.3 Å². The molecule has 1 saturated carbocycles. The average Bonchev–Trinajstić information content (AvgIpc) is 3.16. The Morgan fingerprint density at radius 2 is 1.89 bits per heavy atom. The van der Waals surface area contributed by atoms with Crippen LogP contribution in [0.25, 0.3) is 0 Å². The molecule has 0 atom stereocenters. The molecular weight excluding hydrogens is 238 g/mol. The van der Waals surface area contributed by atoms with Crippen molar-refractivity contribution in [2.75, 3.05) is 13.1 Å². The first-order valence-electron chi connectivity index (χ1n) is 7.08. The number of aryl methyl sites for hydroxylation is 2. The van der Waals surface area contributed by atoms with E-state index in [4.69, 9.17) is 4.74 Å². The Hall–Kier alpha value is -1.58. The number of rotatable bonds is 6. The molecule has 0 spiro atoms. The van der Waals surface area contributed by atoms with E-state index < -0.39 is 0 Å². The first-order chi connectivity index (χ1) is 9.13. The molecule has 1 aliphatic carbocycles. The van der Waals surface area contributed by atoms with Crippen molar-refractivity contribution < 1.29 is 4.74 Å². The number of ether oxygens (including phenoxy) is 1. The maximum atomic E-state index is 5.95. The fourth-order valence-corrected chi connectivity index (χ4v) is 1.96. The Labute approximate surface area is 115 Å². The lowest BCUT2D eigenvalue weighted by Crippen LogP contribution is -2.14. The summed E-state index contributed by atoms with van der Waals surface area (Å²) < 4.78 is 5.95. The fraction of sp³-hybridized carbons (Fsp3) is 0.600. The van der Waals surface area contributed by atoms with Gasteiger partial charge in [-0.05, 0) is 57.7 Å². The van der Waals surface area contributed by atoms with E-state index in [1.807, 2.05) is 5.01 Å². The van der Waals surface area contributed by atoms with E-state index in [1.54, 1.807) is 0 Å². The summed E-state index contributed by atoms with van der Waals surface area (Å²) in [6.45, 7) is 10.0. The molecule has 0 bridgehead atoms. The molecule has 0 aliphatic heterocycles. The standard InChI is InChI=1S/C15H23N3O/c1-5-18(6-2)17-16-15-12(4)9-11(3)10-14(15)19-13-7-8-13/h9-10,13H,5-8H2,1-4H3. The lowest BCUT2D eigenvalue weighted by molar-refractivity contribution is 0.293. The minimum Gasteiger partial charge on any atom is -0.488 e. The summed E-state index contributed by atoms with van der Waals surface area (Å²) in [4.78, 5) is 0. The van der Waals surface area contributed by atoms with Gasteiger partial charge in [-0.2, -0.15) is 0 Å². The predicted molar refractivity (Wildman–Crippen MR) is 77.0 cm³/mol. The molecule has 1 aromatic rings. The highest BCUT2D eigenvalue weighted by Crippen LogP contribution is 2.37. The first kappa shape index (κ1) is 13.8. The number of benzene rings is 1. The molecule has 2 rings (SSSR count). The summed E-state index contributed by atoms with van der Waals surface area (Å²) in [5, 5.41) is 10.6. The zero-order chi connectivity index (χ0) is 13.8. The van der Waals surface area contributed by atoms with Crippen molar-refractivity contribution in [1.29, 1.82) is 0 Å². The van der Waals surface area contributed by atoms with Crippen molar-refractivity contribution in [1.82, 2.24) is 5.01 Å². The Bertz CT molecular complexity index is 463. The van der Waals surface area contributed by atoms with E-state index in [2.05, 4.69) is 50.2 Å². The summed E-state index contributed by atoms with van der Waals surface area (Å²) in [5.74, 6) is 0.871. The van der Waals surface area contributed by atoms with Gasteiger partial charge in [-0.3, -0.25) is 5.01 Å². The molecule has 4 nitrogen and oxygen atoms in total. The van der Waals surface area contributed by atoms with Gasteiger partial charge in [0.15, 0.2) is 0 Å². The van der Waals surface area contributed by atoms with Crippen LogP contribution >= 0.6 is 0 Å². The highest BCUT2D eigenvalue weighted by atomic mass is 16.5. The van der Waals surface area contributed by atoms with E-state index in [0.29, 0.717) is 6.10 Å². The Morgan fingerprint density at radius 3 is 2.47 bits per heavy atom. The monoisotopic (exact) mass is 261 g/mol.